The number of aromatic amines is 1. The fourth-order valence-electron chi connectivity index (χ4n) is 3.30. The second kappa shape index (κ2) is 5.29. The highest BCUT2D eigenvalue weighted by molar-refractivity contribution is 7.71. The van der Waals surface area contributed by atoms with Crippen LogP contribution in [0.25, 0.3) is 11.0 Å². The number of H-pyrrole nitrogens is 1. The molecule has 102 valence electrons. The minimum Gasteiger partial charge on any atom is -0.331 e. The average molecular weight is 295 g/mol. The number of nitrogens with one attached hydrogen (secondary N) is 1. The maximum atomic E-state index is 6.03. The Bertz CT molecular complexity index is 643. The zero-order chi connectivity index (χ0) is 13.4. The zero-order valence-electron chi connectivity index (χ0n) is 11.2. The van der Waals surface area contributed by atoms with E-state index in [1.165, 1.54) is 31.2 Å². The molecule has 2 unspecified atom stereocenters. The summed E-state index contributed by atoms with van der Waals surface area (Å²) in [6, 6.07) is 5.95. The minimum atomic E-state index is 0.752. The summed E-state index contributed by atoms with van der Waals surface area (Å²) in [4.78, 5) is 3.26. The molecule has 1 aliphatic carbocycles. The van der Waals surface area contributed by atoms with Crippen LogP contribution in [0.4, 0.5) is 0 Å². The fraction of sp³-hybridized carbons (Fsp3) is 0.533. The molecule has 1 fully saturated rings. The van der Waals surface area contributed by atoms with E-state index >= 15 is 0 Å². The number of halogens is 1. The van der Waals surface area contributed by atoms with Gasteiger partial charge in [0.2, 0.25) is 0 Å². The standard InChI is InChI=1S/C15H19ClN2S/c1-10-3-2-4-11(7-10)9-18-14-6-5-12(16)8-13(14)17-15(18)19/h5-6,8,10-11H,2-4,7,9H2,1H3,(H,17,19). The van der Waals surface area contributed by atoms with Crippen molar-refractivity contribution in [2.75, 3.05) is 0 Å². The molecule has 0 radical (unpaired) electrons. The lowest BCUT2D eigenvalue weighted by Crippen LogP contribution is -2.18. The lowest BCUT2D eigenvalue weighted by Gasteiger charge is -2.27. The smallest absolute Gasteiger partial charge is 0.178 e. The summed E-state index contributed by atoms with van der Waals surface area (Å²) < 4.78 is 3.06. The lowest BCUT2D eigenvalue weighted by molar-refractivity contribution is 0.258. The third kappa shape index (κ3) is 2.72. The van der Waals surface area contributed by atoms with Crippen LogP contribution >= 0.6 is 23.8 Å². The molecule has 0 amide bonds. The van der Waals surface area contributed by atoms with Crippen LogP contribution in [0.15, 0.2) is 18.2 Å². The van der Waals surface area contributed by atoms with Crippen molar-refractivity contribution in [1.82, 2.24) is 9.55 Å². The first-order chi connectivity index (χ1) is 9.13. The van der Waals surface area contributed by atoms with Gasteiger partial charge in [0.1, 0.15) is 0 Å². The first-order valence-electron chi connectivity index (χ1n) is 7.01. The maximum absolute atomic E-state index is 6.03. The third-order valence-electron chi connectivity index (χ3n) is 4.22. The SMILES string of the molecule is CC1CCCC(Cn2c(=S)[nH]c3cc(Cl)ccc32)C1. The van der Waals surface area contributed by atoms with Crippen LogP contribution in [0, 0.1) is 16.6 Å². The summed E-state index contributed by atoms with van der Waals surface area (Å²) in [5, 5.41) is 0.752. The molecule has 1 aromatic carbocycles. The van der Waals surface area contributed by atoms with Gasteiger partial charge in [-0.2, -0.15) is 0 Å². The molecule has 1 aromatic heterocycles. The Morgan fingerprint density at radius 2 is 2.26 bits per heavy atom. The van der Waals surface area contributed by atoms with Gasteiger partial charge in [0.05, 0.1) is 11.0 Å². The Hall–Kier alpha value is -0.800. The van der Waals surface area contributed by atoms with Crippen LogP contribution in [0.3, 0.4) is 0 Å². The number of hydrogen-bond donors (Lipinski definition) is 1. The molecular weight excluding hydrogens is 276 g/mol. The van der Waals surface area contributed by atoms with Gasteiger partial charge in [0.25, 0.3) is 0 Å². The number of fused-ring (bicyclic) bond motifs is 1. The van der Waals surface area contributed by atoms with Gasteiger partial charge in [0, 0.05) is 11.6 Å². The van der Waals surface area contributed by atoms with Crippen molar-refractivity contribution in [3.8, 4) is 0 Å². The van der Waals surface area contributed by atoms with Crippen molar-refractivity contribution in [1.29, 1.82) is 0 Å². The van der Waals surface area contributed by atoms with E-state index in [-0.39, 0.29) is 0 Å². The highest BCUT2D eigenvalue weighted by Gasteiger charge is 2.20. The van der Waals surface area contributed by atoms with Crippen molar-refractivity contribution in [2.24, 2.45) is 11.8 Å². The molecule has 0 spiro atoms. The van der Waals surface area contributed by atoms with Crippen LogP contribution in [-0.4, -0.2) is 9.55 Å². The quantitative estimate of drug-likeness (QED) is 0.757. The van der Waals surface area contributed by atoms with E-state index in [1.807, 2.05) is 12.1 Å². The summed E-state index contributed by atoms with van der Waals surface area (Å²) >= 11 is 11.5. The fourth-order valence-corrected chi connectivity index (χ4v) is 3.76. The normalized spacial score (nSPS) is 23.9. The molecule has 1 saturated carbocycles. The van der Waals surface area contributed by atoms with Gasteiger partial charge >= 0.3 is 0 Å². The van der Waals surface area contributed by atoms with Crippen LogP contribution < -0.4 is 0 Å². The first kappa shape index (κ1) is 13.2. The third-order valence-corrected chi connectivity index (χ3v) is 4.78. The van der Waals surface area contributed by atoms with E-state index < -0.39 is 0 Å². The summed E-state index contributed by atoms with van der Waals surface area (Å²) in [5.41, 5.74) is 2.22. The van der Waals surface area contributed by atoms with Crippen LogP contribution in [0.2, 0.25) is 5.02 Å². The summed E-state index contributed by atoms with van der Waals surface area (Å²) in [6.07, 6.45) is 5.38. The molecule has 1 aliphatic rings. The Morgan fingerprint density at radius 1 is 1.42 bits per heavy atom. The molecule has 1 N–H and O–H groups in total. The van der Waals surface area contributed by atoms with Gasteiger partial charge in [-0.3, -0.25) is 0 Å². The number of benzene rings is 1. The highest BCUT2D eigenvalue weighted by atomic mass is 35.5. The van der Waals surface area contributed by atoms with E-state index in [4.69, 9.17) is 23.8 Å². The van der Waals surface area contributed by atoms with E-state index in [9.17, 15) is 0 Å². The van der Waals surface area contributed by atoms with Gasteiger partial charge in [-0.15, -0.1) is 0 Å². The zero-order valence-corrected chi connectivity index (χ0v) is 12.7. The van der Waals surface area contributed by atoms with Crippen LogP contribution in [-0.2, 0) is 6.54 Å². The summed E-state index contributed by atoms with van der Waals surface area (Å²) in [5.74, 6) is 1.61. The highest BCUT2D eigenvalue weighted by Crippen LogP contribution is 2.31. The van der Waals surface area contributed by atoms with Crippen LogP contribution in [0.5, 0.6) is 0 Å². The first-order valence-corrected chi connectivity index (χ1v) is 7.80. The molecule has 2 nitrogen and oxygen atoms in total. The molecular formula is C15H19ClN2S. The molecule has 0 aliphatic heterocycles. The molecule has 4 heteroatoms. The Labute approximate surface area is 123 Å². The van der Waals surface area contributed by atoms with Crippen molar-refractivity contribution >= 4 is 34.9 Å². The van der Waals surface area contributed by atoms with E-state index in [0.717, 1.165) is 33.7 Å². The topological polar surface area (TPSA) is 20.7 Å². The maximum Gasteiger partial charge on any atom is 0.178 e. The van der Waals surface area contributed by atoms with Gasteiger partial charge in [-0.05, 0) is 55.1 Å². The summed E-state index contributed by atoms with van der Waals surface area (Å²) in [7, 11) is 0. The Morgan fingerprint density at radius 3 is 3.05 bits per heavy atom. The lowest BCUT2D eigenvalue weighted by atomic mass is 9.82. The largest absolute Gasteiger partial charge is 0.331 e. The van der Waals surface area contributed by atoms with Crippen molar-refractivity contribution < 1.29 is 0 Å². The second-order valence-corrected chi connectivity index (χ2v) is 6.66. The Balaban J connectivity index is 1.92. The number of imidazole rings is 1. The van der Waals surface area contributed by atoms with E-state index in [0.29, 0.717) is 0 Å². The van der Waals surface area contributed by atoms with Gasteiger partial charge in [-0.25, -0.2) is 0 Å². The molecule has 0 bridgehead atoms. The van der Waals surface area contributed by atoms with Crippen molar-refractivity contribution in [2.45, 2.75) is 39.2 Å². The predicted molar refractivity (Wildman–Crippen MR) is 83.3 cm³/mol. The monoisotopic (exact) mass is 294 g/mol. The molecule has 19 heavy (non-hydrogen) atoms. The molecule has 0 saturated heterocycles. The van der Waals surface area contributed by atoms with Gasteiger partial charge in [-0.1, -0.05) is 31.4 Å². The van der Waals surface area contributed by atoms with E-state index in [1.54, 1.807) is 0 Å². The van der Waals surface area contributed by atoms with Gasteiger partial charge < -0.3 is 9.55 Å². The average Bonchev–Trinajstić information content (AvgIpc) is 2.65. The minimum absolute atomic E-state index is 0.752. The molecule has 1 heterocycles. The molecule has 2 atom stereocenters. The molecule has 2 aromatic rings. The number of aromatic nitrogens is 2. The second-order valence-electron chi connectivity index (χ2n) is 5.84. The van der Waals surface area contributed by atoms with Crippen molar-refractivity contribution in [3.05, 3.63) is 28.0 Å². The number of rotatable bonds is 2. The number of nitrogens with zero attached hydrogens (tertiary/aromatic N) is 1. The van der Waals surface area contributed by atoms with Crippen molar-refractivity contribution in [3.63, 3.8) is 0 Å². The van der Waals surface area contributed by atoms with Gasteiger partial charge in [0.15, 0.2) is 4.77 Å². The predicted octanol–water partition coefficient (Wildman–Crippen LogP) is 5.18. The molecule has 3 rings (SSSR count). The Kier molecular flexibility index (Phi) is 3.68. The van der Waals surface area contributed by atoms with E-state index in [2.05, 4.69) is 22.5 Å². The van der Waals surface area contributed by atoms with Crippen LogP contribution in [0.1, 0.15) is 32.6 Å². The number of hydrogen-bond acceptors (Lipinski definition) is 1. The summed E-state index contributed by atoms with van der Waals surface area (Å²) in [6.45, 7) is 3.39.